The van der Waals surface area contributed by atoms with Crippen LogP contribution in [-0.4, -0.2) is 67.1 Å². The van der Waals surface area contributed by atoms with Gasteiger partial charge in [0.2, 0.25) is 0 Å². The summed E-state index contributed by atoms with van der Waals surface area (Å²) in [5.74, 6) is -1.01. The van der Waals surface area contributed by atoms with Gasteiger partial charge in [0, 0.05) is 13.1 Å². The predicted octanol–water partition coefficient (Wildman–Crippen LogP) is 0.297. The molecule has 7 nitrogen and oxygen atoms in total. The Hall–Kier alpha value is -1.34. The molecule has 1 saturated heterocycles. The van der Waals surface area contributed by atoms with Crippen LogP contribution in [0.5, 0.6) is 0 Å². The van der Waals surface area contributed by atoms with Gasteiger partial charge in [-0.15, -0.1) is 0 Å². The van der Waals surface area contributed by atoms with E-state index in [1.165, 1.54) is 0 Å². The minimum Gasteiger partial charge on any atom is -0.480 e. The molecule has 0 spiro atoms. The highest BCUT2D eigenvalue weighted by molar-refractivity contribution is 5.74. The van der Waals surface area contributed by atoms with Gasteiger partial charge in [-0.05, 0) is 13.3 Å². The highest BCUT2D eigenvalue weighted by atomic mass is 16.5. The van der Waals surface area contributed by atoms with Crippen molar-refractivity contribution in [2.75, 3.05) is 32.9 Å². The second kappa shape index (κ2) is 7.96. The van der Waals surface area contributed by atoms with Crippen molar-refractivity contribution in [1.82, 2.24) is 10.2 Å². The average molecular weight is 274 g/mol. The largest absolute Gasteiger partial charge is 0.480 e. The van der Waals surface area contributed by atoms with Crippen LogP contribution in [0, 0.1) is 0 Å². The molecule has 2 unspecified atom stereocenters. The molecule has 2 amide bonds. The van der Waals surface area contributed by atoms with Crippen LogP contribution in [0.2, 0.25) is 0 Å². The third-order valence-electron chi connectivity index (χ3n) is 2.95. The number of nitrogens with zero attached hydrogens (tertiary/aromatic N) is 1. The third kappa shape index (κ3) is 5.44. The molecule has 0 saturated carbocycles. The van der Waals surface area contributed by atoms with E-state index in [2.05, 4.69) is 5.32 Å². The maximum Gasteiger partial charge on any atom is 0.329 e. The Labute approximate surface area is 112 Å². The summed E-state index contributed by atoms with van der Waals surface area (Å²) in [6, 6.07) is -0.0583. The van der Waals surface area contributed by atoms with Gasteiger partial charge in [-0.1, -0.05) is 6.92 Å². The van der Waals surface area contributed by atoms with E-state index in [1.54, 1.807) is 4.90 Å². The third-order valence-corrected chi connectivity index (χ3v) is 2.95. The van der Waals surface area contributed by atoms with Gasteiger partial charge < -0.3 is 24.8 Å². The van der Waals surface area contributed by atoms with E-state index in [9.17, 15) is 9.59 Å². The standard InChI is InChI=1S/C12H22N2O5/c1-3-10-7-19-9(2)6-14(10)12(17)13-4-5-18-8-11(15)16/h9-10H,3-8H2,1-2H3,(H,13,17)(H,15,16). The van der Waals surface area contributed by atoms with Crippen LogP contribution >= 0.6 is 0 Å². The first-order valence-electron chi connectivity index (χ1n) is 6.50. The minimum absolute atomic E-state index is 0.0387. The fraction of sp³-hybridized carbons (Fsp3) is 0.833. The number of carboxylic acid groups (broad SMARTS) is 1. The maximum absolute atomic E-state index is 12.0. The first-order chi connectivity index (χ1) is 9.04. The van der Waals surface area contributed by atoms with Gasteiger partial charge in [-0.2, -0.15) is 0 Å². The number of hydrogen-bond donors (Lipinski definition) is 2. The summed E-state index contributed by atoms with van der Waals surface area (Å²) in [5.41, 5.74) is 0. The topological polar surface area (TPSA) is 88.1 Å². The molecular formula is C12H22N2O5. The lowest BCUT2D eigenvalue weighted by atomic mass is 10.1. The molecule has 1 aliphatic rings. The Morgan fingerprint density at radius 3 is 2.89 bits per heavy atom. The molecule has 0 aromatic carbocycles. The second-order valence-corrected chi connectivity index (χ2v) is 4.54. The number of rotatable bonds is 6. The van der Waals surface area contributed by atoms with Gasteiger partial charge >= 0.3 is 12.0 Å². The van der Waals surface area contributed by atoms with Crippen molar-refractivity contribution in [2.45, 2.75) is 32.4 Å². The Bertz CT molecular complexity index is 310. The van der Waals surface area contributed by atoms with Crippen molar-refractivity contribution in [3.05, 3.63) is 0 Å². The van der Waals surface area contributed by atoms with Crippen molar-refractivity contribution >= 4 is 12.0 Å². The van der Waals surface area contributed by atoms with Crippen LogP contribution < -0.4 is 5.32 Å². The van der Waals surface area contributed by atoms with E-state index in [0.29, 0.717) is 19.7 Å². The van der Waals surface area contributed by atoms with E-state index in [1.807, 2.05) is 13.8 Å². The smallest absolute Gasteiger partial charge is 0.329 e. The van der Waals surface area contributed by atoms with Crippen LogP contribution in [0.1, 0.15) is 20.3 Å². The van der Waals surface area contributed by atoms with Gasteiger partial charge in [0.05, 0.1) is 25.4 Å². The molecule has 1 fully saturated rings. The molecule has 0 aromatic heterocycles. The zero-order valence-corrected chi connectivity index (χ0v) is 11.4. The predicted molar refractivity (Wildman–Crippen MR) is 68.1 cm³/mol. The lowest BCUT2D eigenvalue weighted by Crippen LogP contribution is -2.54. The summed E-state index contributed by atoms with van der Waals surface area (Å²) in [7, 11) is 0. The van der Waals surface area contributed by atoms with Crippen LogP contribution in [0.3, 0.4) is 0 Å². The van der Waals surface area contributed by atoms with Gasteiger partial charge in [0.1, 0.15) is 6.61 Å². The quantitative estimate of drug-likeness (QED) is 0.680. The van der Waals surface area contributed by atoms with E-state index in [0.717, 1.165) is 6.42 Å². The summed E-state index contributed by atoms with van der Waals surface area (Å²) < 4.78 is 10.4. The molecule has 0 aromatic rings. The summed E-state index contributed by atoms with van der Waals surface area (Å²) in [6.45, 7) is 5.22. The van der Waals surface area contributed by atoms with E-state index >= 15 is 0 Å². The van der Waals surface area contributed by atoms with Crippen molar-refractivity contribution in [1.29, 1.82) is 0 Å². The van der Waals surface area contributed by atoms with Gasteiger partial charge in [-0.3, -0.25) is 0 Å². The normalized spacial score (nSPS) is 23.2. The molecule has 7 heteroatoms. The average Bonchev–Trinajstić information content (AvgIpc) is 2.37. The number of morpholine rings is 1. The van der Waals surface area contributed by atoms with E-state index in [4.69, 9.17) is 14.6 Å². The molecule has 0 aliphatic carbocycles. The summed E-state index contributed by atoms with van der Waals surface area (Å²) >= 11 is 0. The number of amides is 2. The number of nitrogens with one attached hydrogen (secondary N) is 1. The van der Waals surface area contributed by atoms with Crippen LogP contribution in [-0.2, 0) is 14.3 Å². The molecule has 110 valence electrons. The molecule has 1 heterocycles. The number of carbonyl (C=O) groups excluding carboxylic acids is 1. The van der Waals surface area contributed by atoms with Crippen molar-refractivity contribution in [3.63, 3.8) is 0 Å². The zero-order valence-electron chi connectivity index (χ0n) is 11.4. The Kier molecular flexibility index (Phi) is 6.58. The molecule has 19 heavy (non-hydrogen) atoms. The monoisotopic (exact) mass is 274 g/mol. The van der Waals surface area contributed by atoms with Gasteiger partial charge in [-0.25, -0.2) is 9.59 Å². The SMILES string of the molecule is CCC1COC(C)CN1C(=O)NCCOCC(=O)O. The fourth-order valence-electron chi connectivity index (χ4n) is 1.92. The van der Waals surface area contributed by atoms with E-state index in [-0.39, 0.29) is 31.4 Å². The molecule has 1 rings (SSSR count). The number of hydrogen-bond acceptors (Lipinski definition) is 4. The lowest BCUT2D eigenvalue weighted by molar-refractivity contribution is -0.142. The van der Waals surface area contributed by atoms with Crippen molar-refractivity contribution in [2.24, 2.45) is 0 Å². The first-order valence-corrected chi connectivity index (χ1v) is 6.50. The maximum atomic E-state index is 12.0. The van der Waals surface area contributed by atoms with Gasteiger partial charge in [0.25, 0.3) is 0 Å². The van der Waals surface area contributed by atoms with Crippen LogP contribution in [0.25, 0.3) is 0 Å². The second-order valence-electron chi connectivity index (χ2n) is 4.54. The van der Waals surface area contributed by atoms with Crippen LogP contribution in [0.4, 0.5) is 4.79 Å². The number of aliphatic carboxylic acids is 1. The minimum atomic E-state index is -1.01. The summed E-state index contributed by atoms with van der Waals surface area (Å²) in [5, 5.41) is 11.1. The molecule has 2 atom stereocenters. The fourth-order valence-corrected chi connectivity index (χ4v) is 1.92. The number of ether oxygens (including phenoxy) is 2. The molecule has 1 aliphatic heterocycles. The molecule has 2 N–H and O–H groups in total. The van der Waals surface area contributed by atoms with Crippen LogP contribution in [0.15, 0.2) is 0 Å². The van der Waals surface area contributed by atoms with Crippen molar-refractivity contribution < 1.29 is 24.2 Å². The molecule has 0 bridgehead atoms. The molecule has 0 radical (unpaired) electrons. The highest BCUT2D eigenvalue weighted by Gasteiger charge is 2.28. The highest BCUT2D eigenvalue weighted by Crippen LogP contribution is 2.14. The first kappa shape index (κ1) is 15.7. The number of carboxylic acids is 1. The Morgan fingerprint density at radius 1 is 1.53 bits per heavy atom. The number of carbonyl (C=O) groups is 2. The number of urea groups is 1. The zero-order chi connectivity index (χ0) is 14.3. The molecular weight excluding hydrogens is 252 g/mol. The summed E-state index contributed by atoms with van der Waals surface area (Å²) in [4.78, 5) is 24.0. The van der Waals surface area contributed by atoms with Gasteiger partial charge in [0.15, 0.2) is 0 Å². The van der Waals surface area contributed by atoms with Crippen molar-refractivity contribution in [3.8, 4) is 0 Å². The lowest BCUT2D eigenvalue weighted by Gasteiger charge is -2.38. The summed E-state index contributed by atoms with van der Waals surface area (Å²) in [6.07, 6.45) is 0.882. The Balaban J connectivity index is 2.28. The van der Waals surface area contributed by atoms with E-state index < -0.39 is 5.97 Å². The Morgan fingerprint density at radius 2 is 2.26 bits per heavy atom.